The number of hydrogen-bond acceptors (Lipinski definition) is 4. The van der Waals surface area contributed by atoms with Crippen molar-refractivity contribution in [3.05, 3.63) is 41.7 Å². The number of carbonyl (C=O) groups is 2. The third-order valence-corrected chi connectivity index (χ3v) is 3.89. The number of carbonyl (C=O) groups excluding carboxylic acids is 1. The van der Waals surface area contributed by atoms with Crippen molar-refractivity contribution in [1.82, 2.24) is 9.78 Å². The van der Waals surface area contributed by atoms with Crippen LogP contribution in [0.5, 0.6) is 5.75 Å². The number of amides is 1. The molecule has 1 amide bonds. The van der Waals surface area contributed by atoms with Gasteiger partial charge in [0.05, 0.1) is 24.9 Å². The Hall–Kier alpha value is -2.83. The van der Waals surface area contributed by atoms with Crippen LogP contribution in [0.2, 0.25) is 0 Å². The first-order valence-corrected chi connectivity index (χ1v) is 7.98. The molecule has 1 aromatic carbocycles. The second-order valence-electron chi connectivity index (χ2n) is 6.45. The minimum atomic E-state index is -1.19. The molecule has 0 fully saturated rings. The number of anilines is 1. The van der Waals surface area contributed by atoms with Crippen LogP contribution in [0, 0.1) is 13.8 Å². The van der Waals surface area contributed by atoms with Crippen molar-refractivity contribution in [3.63, 3.8) is 0 Å². The number of benzene rings is 1. The van der Waals surface area contributed by atoms with E-state index in [4.69, 9.17) is 4.74 Å². The van der Waals surface area contributed by atoms with Gasteiger partial charge in [0.15, 0.2) is 5.54 Å². The van der Waals surface area contributed by atoms with Gasteiger partial charge in [0, 0.05) is 6.20 Å². The highest BCUT2D eigenvalue weighted by molar-refractivity contribution is 5.90. The molecule has 25 heavy (non-hydrogen) atoms. The molecule has 7 nitrogen and oxygen atoms in total. The van der Waals surface area contributed by atoms with Gasteiger partial charge in [-0.25, -0.2) is 4.79 Å². The summed E-state index contributed by atoms with van der Waals surface area (Å²) in [6.07, 6.45) is 3.10. The minimum absolute atomic E-state index is 0.181. The summed E-state index contributed by atoms with van der Waals surface area (Å²) in [5.74, 6) is -0.461. The number of carboxylic acid groups (broad SMARTS) is 1. The van der Waals surface area contributed by atoms with E-state index in [-0.39, 0.29) is 18.9 Å². The fraction of sp³-hybridized carbons (Fsp3) is 0.389. The fourth-order valence-electron chi connectivity index (χ4n) is 2.13. The van der Waals surface area contributed by atoms with Gasteiger partial charge >= 0.3 is 5.97 Å². The van der Waals surface area contributed by atoms with Gasteiger partial charge < -0.3 is 15.2 Å². The lowest BCUT2D eigenvalue weighted by Crippen LogP contribution is -2.35. The molecule has 2 aromatic rings. The SMILES string of the molecule is Cc1ccc(C)c(OCCC(=O)Nc2cnn(C(C)(C)C(=O)O)c2)c1. The molecule has 134 valence electrons. The number of carboxylic acids is 1. The Balaban J connectivity index is 1.88. The van der Waals surface area contributed by atoms with Crippen molar-refractivity contribution in [2.45, 2.75) is 39.7 Å². The summed E-state index contributed by atoms with van der Waals surface area (Å²) in [7, 11) is 0. The van der Waals surface area contributed by atoms with Crippen molar-refractivity contribution < 1.29 is 19.4 Å². The van der Waals surface area contributed by atoms with E-state index >= 15 is 0 Å². The molecule has 0 bridgehead atoms. The number of aryl methyl sites for hydroxylation is 2. The highest BCUT2D eigenvalue weighted by atomic mass is 16.5. The molecule has 2 rings (SSSR count). The van der Waals surface area contributed by atoms with E-state index in [1.165, 1.54) is 30.9 Å². The van der Waals surface area contributed by atoms with E-state index in [0.29, 0.717) is 5.69 Å². The average molecular weight is 345 g/mol. The van der Waals surface area contributed by atoms with Crippen LogP contribution in [-0.2, 0) is 15.1 Å². The van der Waals surface area contributed by atoms with Crippen LogP contribution >= 0.6 is 0 Å². The van der Waals surface area contributed by atoms with Gasteiger partial charge in [-0.1, -0.05) is 12.1 Å². The van der Waals surface area contributed by atoms with Crippen LogP contribution in [0.25, 0.3) is 0 Å². The summed E-state index contributed by atoms with van der Waals surface area (Å²) < 4.78 is 6.96. The Morgan fingerprint density at radius 3 is 2.72 bits per heavy atom. The van der Waals surface area contributed by atoms with Gasteiger partial charge in [0.1, 0.15) is 5.75 Å². The maximum Gasteiger partial charge on any atom is 0.331 e. The smallest absolute Gasteiger partial charge is 0.331 e. The van der Waals surface area contributed by atoms with Gasteiger partial charge in [-0.2, -0.15) is 5.10 Å². The van der Waals surface area contributed by atoms with Gasteiger partial charge in [-0.05, 0) is 44.9 Å². The lowest BCUT2D eigenvalue weighted by Gasteiger charge is -2.19. The predicted molar refractivity (Wildman–Crippen MR) is 93.8 cm³/mol. The third-order valence-electron chi connectivity index (χ3n) is 3.89. The van der Waals surface area contributed by atoms with E-state index < -0.39 is 11.5 Å². The summed E-state index contributed by atoms with van der Waals surface area (Å²) in [6.45, 7) is 7.26. The van der Waals surface area contributed by atoms with Crippen molar-refractivity contribution in [1.29, 1.82) is 0 Å². The molecule has 0 unspecified atom stereocenters. The van der Waals surface area contributed by atoms with Crippen molar-refractivity contribution in [3.8, 4) is 5.75 Å². The zero-order valence-corrected chi connectivity index (χ0v) is 14.9. The Kier molecular flexibility index (Phi) is 5.46. The Labute approximate surface area is 146 Å². The molecule has 2 N–H and O–H groups in total. The number of hydrogen-bond donors (Lipinski definition) is 2. The molecule has 7 heteroatoms. The van der Waals surface area contributed by atoms with Crippen LogP contribution in [0.4, 0.5) is 5.69 Å². The Morgan fingerprint density at radius 2 is 2.04 bits per heavy atom. The molecule has 0 saturated heterocycles. The van der Waals surface area contributed by atoms with Crippen LogP contribution < -0.4 is 10.1 Å². The topological polar surface area (TPSA) is 93.5 Å². The average Bonchev–Trinajstić information content (AvgIpc) is 2.99. The molecule has 0 aliphatic heterocycles. The highest BCUT2D eigenvalue weighted by Gasteiger charge is 2.30. The molecule has 1 heterocycles. The molecular weight excluding hydrogens is 322 g/mol. The first-order valence-electron chi connectivity index (χ1n) is 7.98. The van der Waals surface area contributed by atoms with E-state index in [2.05, 4.69) is 10.4 Å². The summed E-state index contributed by atoms with van der Waals surface area (Å²) >= 11 is 0. The Morgan fingerprint density at radius 1 is 1.32 bits per heavy atom. The van der Waals surface area contributed by atoms with Crippen LogP contribution in [0.15, 0.2) is 30.6 Å². The third kappa shape index (κ3) is 4.59. The van der Waals surface area contributed by atoms with E-state index in [1.54, 1.807) is 0 Å². The monoisotopic (exact) mass is 345 g/mol. The largest absolute Gasteiger partial charge is 0.493 e. The first-order chi connectivity index (χ1) is 11.7. The molecule has 0 saturated carbocycles. The van der Waals surface area contributed by atoms with Gasteiger partial charge in [-0.15, -0.1) is 0 Å². The minimum Gasteiger partial charge on any atom is -0.493 e. The second kappa shape index (κ2) is 7.38. The lowest BCUT2D eigenvalue weighted by molar-refractivity contribution is -0.146. The molecule has 0 aliphatic carbocycles. The molecule has 0 radical (unpaired) electrons. The van der Waals surface area contributed by atoms with E-state index in [0.717, 1.165) is 16.9 Å². The van der Waals surface area contributed by atoms with Crippen LogP contribution in [0.3, 0.4) is 0 Å². The second-order valence-corrected chi connectivity index (χ2v) is 6.45. The van der Waals surface area contributed by atoms with Crippen LogP contribution in [-0.4, -0.2) is 33.4 Å². The van der Waals surface area contributed by atoms with E-state index in [9.17, 15) is 14.7 Å². The van der Waals surface area contributed by atoms with Crippen molar-refractivity contribution in [2.75, 3.05) is 11.9 Å². The summed E-state index contributed by atoms with van der Waals surface area (Å²) in [5, 5.41) is 15.9. The molecule has 1 aromatic heterocycles. The van der Waals surface area contributed by atoms with E-state index in [1.807, 2.05) is 32.0 Å². The normalized spacial score (nSPS) is 11.2. The first kappa shape index (κ1) is 18.5. The number of ether oxygens (including phenoxy) is 1. The summed E-state index contributed by atoms with van der Waals surface area (Å²) in [5.41, 5.74) is 1.38. The quantitative estimate of drug-likeness (QED) is 0.805. The van der Waals surface area contributed by atoms with Crippen molar-refractivity contribution in [2.24, 2.45) is 0 Å². The molecular formula is C18H23N3O4. The molecule has 0 atom stereocenters. The van der Waals surface area contributed by atoms with Crippen molar-refractivity contribution >= 4 is 17.6 Å². The zero-order valence-electron chi connectivity index (χ0n) is 14.9. The lowest BCUT2D eigenvalue weighted by atomic mass is 10.1. The number of nitrogens with zero attached hydrogens (tertiary/aromatic N) is 2. The number of aliphatic carboxylic acids is 1. The van der Waals surface area contributed by atoms with Gasteiger partial charge in [-0.3, -0.25) is 9.48 Å². The summed E-state index contributed by atoms with van der Waals surface area (Å²) in [4.78, 5) is 23.2. The number of aromatic nitrogens is 2. The Bertz CT molecular complexity index is 780. The maximum atomic E-state index is 12.0. The maximum absolute atomic E-state index is 12.0. The number of rotatable bonds is 7. The molecule has 0 spiro atoms. The fourth-order valence-corrected chi connectivity index (χ4v) is 2.13. The van der Waals surface area contributed by atoms with Crippen LogP contribution in [0.1, 0.15) is 31.4 Å². The summed E-state index contributed by atoms with van der Waals surface area (Å²) in [6, 6.07) is 5.92. The molecule has 0 aliphatic rings. The standard InChI is InChI=1S/C18H23N3O4/c1-12-5-6-13(2)15(9-12)25-8-7-16(22)20-14-10-19-21(11-14)18(3,4)17(23)24/h5-6,9-11H,7-8H2,1-4H3,(H,20,22)(H,23,24). The van der Waals surface area contributed by atoms with Gasteiger partial charge in [0.2, 0.25) is 5.91 Å². The zero-order chi connectivity index (χ0) is 18.6. The van der Waals surface area contributed by atoms with Gasteiger partial charge in [0.25, 0.3) is 0 Å². The number of nitrogens with one attached hydrogen (secondary N) is 1. The highest BCUT2D eigenvalue weighted by Crippen LogP contribution is 2.20. The predicted octanol–water partition coefficient (Wildman–Crippen LogP) is 2.73.